The van der Waals surface area contributed by atoms with Crippen LogP contribution in [0.3, 0.4) is 0 Å². The smallest absolute Gasteiger partial charge is 0.251 e. The third-order valence-corrected chi connectivity index (χ3v) is 7.46. The highest BCUT2D eigenvalue weighted by atomic mass is 32.2. The van der Waals surface area contributed by atoms with Crippen LogP contribution in [0.4, 0.5) is 0 Å². The molecule has 2 atom stereocenters. The van der Waals surface area contributed by atoms with Crippen molar-refractivity contribution in [2.75, 3.05) is 26.2 Å². The summed E-state index contributed by atoms with van der Waals surface area (Å²) >= 11 is 3.53. The molecule has 0 bridgehead atoms. The number of amides is 1. The van der Waals surface area contributed by atoms with E-state index in [1.165, 1.54) is 12.0 Å². The minimum absolute atomic E-state index is 0.0650. The molecule has 3 aromatic carbocycles. The van der Waals surface area contributed by atoms with E-state index in [9.17, 15) is 9.00 Å². The van der Waals surface area contributed by atoms with E-state index in [2.05, 4.69) is 88.8 Å². The van der Waals surface area contributed by atoms with Crippen LogP contribution in [0, 0.1) is 5.41 Å². The molecular weight excluding hydrogens is 559 g/mol. The van der Waals surface area contributed by atoms with Crippen LogP contribution in [-0.2, 0) is 9.52 Å². The molecule has 0 spiro atoms. The van der Waals surface area contributed by atoms with Crippen molar-refractivity contribution in [2.45, 2.75) is 78.5 Å². The molecule has 0 aliphatic heterocycles. The molecule has 0 aliphatic rings. The molecule has 234 valence electrons. The standard InChI is InChI=1S/C20H25NO3S.C13H20.C2H6.CH4S/c1-5-6-13-21-20(22)16-9-7-15(8-10-16)17-11-12-18(24-2)19(14-17)25(3,4)23;1-11(10-13(2,3)4)12-8-6-5-7-9-12;2*1-2/h7-12,14H,3,5-6,13H2,1-2,4H3,(H,21,22);5-9,11H,10H2,1-4H3;1-2H3;2H,1H3. The Bertz CT molecular complexity index is 1260. The van der Waals surface area contributed by atoms with Gasteiger partial charge in [0.25, 0.3) is 5.91 Å². The number of thiol groups is 1. The second-order valence-electron chi connectivity index (χ2n) is 11.1. The van der Waals surface area contributed by atoms with Crippen LogP contribution >= 0.6 is 12.6 Å². The predicted octanol–water partition coefficient (Wildman–Crippen LogP) is 9.40. The number of carbonyl (C=O) groups excluding carboxylic acids is 1. The zero-order valence-corrected chi connectivity index (χ0v) is 29.3. The van der Waals surface area contributed by atoms with Crippen LogP contribution < -0.4 is 10.1 Å². The Morgan fingerprint density at radius 2 is 1.52 bits per heavy atom. The SMILES string of the molecule is C=S(C)(=O)c1cc(-c2ccc(C(=O)NCCCC)cc2)ccc1OC.CC.CC(CC(C)(C)C)c1ccccc1.CS. The quantitative estimate of drug-likeness (QED) is 0.144. The summed E-state index contributed by atoms with van der Waals surface area (Å²) in [5.41, 5.74) is 4.36. The van der Waals surface area contributed by atoms with Gasteiger partial charge in [0, 0.05) is 18.4 Å². The number of benzene rings is 3. The Hall–Kier alpha value is -2.70. The van der Waals surface area contributed by atoms with Crippen LogP contribution in [0.1, 0.15) is 89.6 Å². The van der Waals surface area contributed by atoms with Crippen molar-refractivity contribution in [1.29, 1.82) is 0 Å². The number of rotatable bonds is 9. The average Bonchev–Trinajstić information content (AvgIpc) is 2.98. The lowest BCUT2D eigenvalue weighted by Crippen LogP contribution is -2.24. The van der Waals surface area contributed by atoms with Gasteiger partial charge in [-0.2, -0.15) is 12.6 Å². The molecule has 0 heterocycles. The lowest BCUT2D eigenvalue weighted by molar-refractivity contribution is 0.0953. The number of carbonyl (C=O) groups is 1. The maximum absolute atomic E-state index is 12.4. The number of nitrogens with one attached hydrogen (secondary N) is 1. The van der Waals surface area contributed by atoms with Gasteiger partial charge in [-0.15, -0.1) is 0 Å². The molecule has 6 heteroatoms. The van der Waals surface area contributed by atoms with E-state index in [0.29, 0.717) is 34.1 Å². The molecule has 1 amide bonds. The lowest BCUT2D eigenvalue weighted by atomic mass is 9.82. The van der Waals surface area contributed by atoms with Gasteiger partial charge >= 0.3 is 0 Å². The summed E-state index contributed by atoms with van der Waals surface area (Å²) in [4.78, 5) is 12.7. The Morgan fingerprint density at radius 1 is 0.976 bits per heavy atom. The summed E-state index contributed by atoms with van der Waals surface area (Å²) in [6.07, 6.45) is 6.56. The maximum Gasteiger partial charge on any atom is 0.251 e. The number of ether oxygens (including phenoxy) is 1. The molecule has 0 saturated carbocycles. The predicted molar refractivity (Wildman–Crippen MR) is 190 cm³/mol. The van der Waals surface area contributed by atoms with E-state index in [0.717, 1.165) is 24.0 Å². The van der Waals surface area contributed by atoms with Crippen molar-refractivity contribution in [3.05, 3.63) is 83.9 Å². The fraction of sp³-hybridized carbons (Fsp3) is 0.444. The molecular formula is C36H55NO3S2. The fourth-order valence-corrected chi connectivity index (χ4v) is 5.26. The summed E-state index contributed by atoms with van der Waals surface area (Å²) in [6, 6.07) is 23.7. The van der Waals surface area contributed by atoms with Crippen LogP contribution in [0.5, 0.6) is 5.75 Å². The Morgan fingerprint density at radius 3 is 2.00 bits per heavy atom. The molecule has 4 nitrogen and oxygen atoms in total. The van der Waals surface area contributed by atoms with Crippen molar-refractivity contribution in [2.24, 2.45) is 5.41 Å². The summed E-state index contributed by atoms with van der Waals surface area (Å²) < 4.78 is 17.7. The van der Waals surface area contributed by atoms with Crippen LogP contribution in [0.25, 0.3) is 11.1 Å². The highest BCUT2D eigenvalue weighted by molar-refractivity contribution is 7.99. The van der Waals surface area contributed by atoms with Crippen molar-refractivity contribution >= 4 is 33.9 Å². The lowest BCUT2D eigenvalue weighted by Gasteiger charge is -2.23. The molecule has 2 unspecified atom stereocenters. The van der Waals surface area contributed by atoms with E-state index in [1.54, 1.807) is 37.8 Å². The second-order valence-corrected chi connectivity index (χ2v) is 13.6. The zero-order chi connectivity index (χ0) is 32.3. The summed E-state index contributed by atoms with van der Waals surface area (Å²) in [5.74, 6) is 4.92. The highest BCUT2D eigenvalue weighted by Crippen LogP contribution is 2.31. The number of hydrogen-bond acceptors (Lipinski definition) is 4. The normalized spacial score (nSPS) is 12.5. The van der Waals surface area contributed by atoms with E-state index < -0.39 is 9.52 Å². The molecule has 3 rings (SSSR count). The van der Waals surface area contributed by atoms with Gasteiger partial charge in [-0.1, -0.05) is 103 Å². The number of unbranched alkanes of at least 4 members (excludes halogenated alkanes) is 1. The monoisotopic (exact) mass is 613 g/mol. The first-order valence-corrected chi connectivity index (χ1v) is 17.8. The van der Waals surface area contributed by atoms with E-state index >= 15 is 0 Å². The maximum atomic E-state index is 12.4. The second kappa shape index (κ2) is 20.2. The van der Waals surface area contributed by atoms with Crippen molar-refractivity contribution in [1.82, 2.24) is 5.32 Å². The van der Waals surface area contributed by atoms with E-state index in [4.69, 9.17) is 4.74 Å². The molecule has 0 saturated heterocycles. The van der Waals surface area contributed by atoms with Crippen LogP contribution in [0.2, 0.25) is 0 Å². The molecule has 0 aromatic heterocycles. The van der Waals surface area contributed by atoms with Crippen LogP contribution in [-0.4, -0.2) is 42.2 Å². The zero-order valence-electron chi connectivity index (χ0n) is 27.6. The van der Waals surface area contributed by atoms with E-state index in [-0.39, 0.29) is 5.91 Å². The van der Waals surface area contributed by atoms with Crippen molar-refractivity contribution in [3.63, 3.8) is 0 Å². The third kappa shape index (κ3) is 14.5. The first kappa shape index (κ1) is 39.3. The Kier molecular flexibility index (Phi) is 18.9. The van der Waals surface area contributed by atoms with Gasteiger partial charge in [-0.25, -0.2) is 0 Å². The van der Waals surface area contributed by atoms with Gasteiger partial charge in [0.15, 0.2) is 0 Å². The van der Waals surface area contributed by atoms with Gasteiger partial charge in [0.1, 0.15) is 5.75 Å². The summed E-state index contributed by atoms with van der Waals surface area (Å²) in [6.45, 7) is 16.0. The molecule has 0 radical (unpaired) electrons. The molecule has 42 heavy (non-hydrogen) atoms. The average molecular weight is 614 g/mol. The third-order valence-electron chi connectivity index (χ3n) is 6.21. The number of methoxy groups -OCH3 is 1. The van der Waals surface area contributed by atoms with Gasteiger partial charge in [0.05, 0.1) is 12.0 Å². The van der Waals surface area contributed by atoms with Crippen molar-refractivity contribution < 1.29 is 13.7 Å². The summed E-state index contributed by atoms with van der Waals surface area (Å²) in [7, 11) is -0.848. The Labute approximate surface area is 263 Å². The Balaban J connectivity index is 0.000000831. The summed E-state index contributed by atoms with van der Waals surface area (Å²) in [5, 5.41) is 2.90. The molecule has 0 aliphatic carbocycles. The van der Waals surface area contributed by atoms with Gasteiger partial charge < -0.3 is 10.1 Å². The largest absolute Gasteiger partial charge is 0.496 e. The molecule has 3 aromatic rings. The van der Waals surface area contributed by atoms with Gasteiger partial charge in [-0.3, -0.25) is 9.00 Å². The molecule has 1 N–H and O–H groups in total. The first-order valence-electron chi connectivity index (χ1n) is 14.7. The topological polar surface area (TPSA) is 55.4 Å². The van der Waals surface area contributed by atoms with E-state index in [1.807, 2.05) is 38.1 Å². The minimum Gasteiger partial charge on any atom is -0.496 e. The van der Waals surface area contributed by atoms with Gasteiger partial charge in [-0.05, 0) is 86.8 Å². The minimum atomic E-state index is -2.40. The molecule has 0 fully saturated rings. The van der Waals surface area contributed by atoms with Gasteiger partial charge in [0.2, 0.25) is 0 Å². The first-order chi connectivity index (χ1) is 19.9. The highest BCUT2D eigenvalue weighted by Gasteiger charge is 2.16. The fourth-order valence-electron chi connectivity index (χ4n) is 4.31. The van der Waals surface area contributed by atoms with Crippen molar-refractivity contribution in [3.8, 4) is 16.9 Å². The number of hydrogen-bond donors (Lipinski definition) is 2. The van der Waals surface area contributed by atoms with Crippen LogP contribution in [0.15, 0.2) is 77.7 Å².